The van der Waals surface area contributed by atoms with E-state index in [1.165, 1.54) is 57.3 Å². The van der Waals surface area contributed by atoms with Crippen LogP contribution in [0.4, 0.5) is 5.69 Å². The van der Waals surface area contributed by atoms with E-state index in [0.29, 0.717) is 10.8 Å². The van der Waals surface area contributed by atoms with Gasteiger partial charge in [0.2, 0.25) is 0 Å². The molecule has 3 aliphatic heterocycles. The highest BCUT2D eigenvalue weighted by Crippen LogP contribution is 2.64. The minimum absolute atomic E-state index is 0.417. The average molecular weight is 296 g/mol. The smallest absolute Gasteiger partial charge is 0.0406 e. The number of piperidine rings is 1. The number of hydrogen-bond acceptors (Lipinski definition) is 2. The minimum Gasteiger partial charge on any atom is -0.370 e. The standard InChI is InChI=1S/C20H28N2/c1-3-19-10-6-13-22-14-12-20(18(19)22)15-7-4-5-8-16(15)21(2)17(20)9-11-19/h4-5,7-8,17-18H,3,6,9-14H2,1-2H3. The molecule has 1 aromatic carbocycles. The van der Waals surface area contributed by atoms with Crippen LogP contribution in [0.3, 0.4) is 0 Å². The van der Waals surface area contributed by atoms with Gasteiger partial charge in [-0.25, -0.2) is 0 Å². The van der Waals surface area contributed by atoms with Crippen LogP contribution in [0.1, 0.15) is 51.0 Å². The van der Waals surface area contributed by atoms with Crippen LogP contribution < -0.4 is 4.90 Å². The molecular formula is C20H28N2. The van der Waals surface area contributed by atoms with Crippen LogP contribution >= 0.6 is 0 Å². The molecule has 1 aromatic rings. The van der Waals surface area contributed by atoms with E-state index in [0.717, 1.165) is 12.1 Å². The van der Waals surface area contributed by atoms with Gasteiger partial charge in [-0.2, -0.15) is 0 Å². The number of fused-ring (bicyclic) bond motifs is 1. The third-order valence-corrected chi connectivity index (χ3v) is 7.83. The Morgan fingerprint density at radius 2 is 2.00 bits per heavy atom. The van der Waals surface area contributed by atoms with Gasteiger partial charge in [-0.15, -0.1) is 0 Å². The van der Waals surface area contributed by atoms with Gasteiger partial charge in [0, 0.05) is 30.2 Å². The van der Waals surface area contributed by atoms with Gasteiger partial charge in [0.25, 0.3) is 0 Å². The van der Waals surface area contributed by atoms with Gasteiger partial charge in [-0.3, -0.25) is 4.90 Å². The van der Waals surface area contributed by atoms with Gasteiger partial charge in [0.1, 0.15) is 0 Å². The van der Waals surface area contributed by atoms with E-state index in [-0.39, 0.29) is 0 Å². The highest BCUT2D eigenvalue weighted by molar-refractivity contribution is 5.66. The van der Waals surface area contributed by atoms with E-state index < -0.39 is 0 Å². The molecular weight excluding hydrogens is 268 g/mol. The van der Waals surface area contributed by atoms with Gasteiger partial charge in [0.05, 0.1) is 0 Å². The normalized spacial score (nSPS) is 42.9. The van der Waals surface area contributed by atoms with Crippen molar-refractivity contribution >= 4 is 5.69 Å². The van der Waals surface area contributed by atoms with Gasteiger partial charge in [-0.05, 0) is 68.7 Å². The average Bonchev–Trinajstić information content (AvgIpc) is 3.08. The molecule has 1 aliphatic carbocycles. The molecule has 0 N–H and O–H groups in total. The summed E-state index contributed by atoms with van der Waals surface area (Å²) >= 11 is 0. The van der Waals surface area contributed by atoms with Crippen LogP contribution in [-0.2, 0) is 5.41 Å². The highest BCUT2D eigenvalue weighted by atomic mass is 15.3. The van der Waals surface area contributed by atoms with E-state index in [4.69, 9.17) is 0 Å². The molecule has 118 valence electrons. The monoisotopic (exact) mass is 296 g/mol. The van der Waals surface area contributed by atoms with E-state index in [2.05, 4.69) is 48.0 Å². The Bertz CT molecular complexity index is 611. The third-order valence-electron chi connectivity index (χ3n) is 7.83. The van der Waals surface area contributed by atoms with Crippen LogP contribution in [0.25, 0.3) is 0 Å². The van der Waals surface area contributed by atoms with E-state index in [1.807, 2.05) is 0 Å². The van der Waals surface area contributed by atoms with Gasteiger partial charge in [0.15, 0.2) is 0 Å². The van der Waals surface area contributed by atoms with E-state index >= 15 is 0 Å². The maximum absolute atomic E-state index is 2.88. The summed E-state index contributed by atoms with van der Waals surface area (Å²) in [5, 5.41) is 0. The zero-order chi connectivity index (χ0) is 14.9. The van der Waals surface area contributed by atoms with Crippen molar-refractivity contribution in [1.29, 1.82) is 0 Å². The predicted octanol–water partition coefficient (Wildman–Crippen LogP) is 3.80. The maximum atomic E-state index is 2.88. The third kappa shape index (κ3) is 1.33. The van der Waals surface area contributed by atoms with Crippen LogP contribution in [-0.4, -0.2) is 37.1 Å². The number of likely N-dealkylation sites (N-methyl/N-ethyl adjacent to an activating group) is 1. The van der Waals surface area contributed by atoms with Crippen molar-refractivity contribution < 1.29 is 0 Å². The predicted molar refractivity (Wildman–Crippen MR) is 91.5 cm³/mol. The molecule has 1 spiro atoms. The SMILES string of the molecule is CCC12CCCN3CCC4(c5ccccc5N(C)C4CC1)C32. The van der Waals surface area contributed by atoms with Crippen molar-refractivity contribution in [1.82, 2.24) is 4.90 Å². The zero-order valence-electron chi connectivity index (χ0n) is 14.0. The fourth-order valence-corrected chi connectivity index (χ4v) is 7.05. The van der Waals surface area contributed by atoms with Gasteiger partial charge < -0.3 is 4.90 Å². The highest BCUT2D eigenvalue weighted by Gasteiger charge is 2.67. The van der Waals surface area contributed by atoms with Crippen LogP contribution in [0.2, 0.25) is 0 Å². The van der Waals surface area contributed by atoms with E-state index in [9.17, 15) is 0 Å². The summed E-state index contributed by atoms with van der Waals surface area (Å²) in [5.74, 6) is 0. The molecule has 1 saturated carbocycles. The first-order chi connectivity index (χ1) is 10.7. The number of benzene rings is 1. The second-order valence-electron chi connectivity index (χ2n) is 8.23. The van der Waals surface area contributed by atoms with Gasteiger partial charge >= 0.3 is 0 Å². The second-order valence-corrected chi connectivity index (χ2v) is 8.23. The molecule has 0 aromatic heterocycles. The number of nitrogens with zero attached hydrogens (tertiary/aromatic N) is 2. The summed E-state index contributed by atoms with van der Waals surface area (Å²) in [6.07, 6.45) is 8.46. The van der Waals surface area contributed by atoms with Crippen molar-refractivity contribution in [2.75, 3.05) is 25.0 Å². The lowest BCUT2D eigenvalue weighted by atomic mass is 9.52. The molecule has 2 nitrogen and oxygen atoms in total. The van der Waals surface area contributed by atoms with Crippen molar-refractivity contribution in [3.8, 4) is 0 Å². The molecule has 5 rings (SSSR count). The van der Waals surface area contributed by atoms with Crippen molar-refractivity contribution in [3.63, 3.8) is 0 Å². The van der Waals surface area contributed by atoms with Crippen LogP contribution in [0.15, 0.2) is 24.3 Å². The second kappa shape index (κ2) is 4.29. The Morgan fingerprint density at radius 1 is 1.14 bits per heavy atom. The molecule has 4 unspecified atom stereocenters. The van der Waals surface area contributed by atoms with Crippen molar-refractivity contribution in [3.05, 3.63) is 29.8 Å². The Kier molecular flexibility index (Phi) is 2.61. The van der Waals surface area contributed by atoms with E-state index in [1.54, 1.807) is 5.56 Å². The molecule has 0 bridgehead atoms. The first kappa shape index (κ1) is 13.4. The maximum Gasteiger partial charge on any atom is 0.0406 e. The Morgan fingerprint density at radius 3 is 2.86 bits per heavy atom. The Balaban J connectivity index is 1.74. The Hall–Kier alpha value is -1.02. The molecule has 2 saturated heterocycles. The van der Waals surface area contributed by atoms with Crippen LogP contribution in [0, 0.1) is 5.41 Å². The zero-order valence-corrected chi connectivity index (χ0v) is 14.0. The lowest BCUT2D eigenvalue weighted by Crippen LogP contribution is -2.64. The summed E-state index contributed by atoms with van der Waals surface area (Å²) in [7, 11) is 2.35. The molecule has 22 heavy (non-hydrogen) atoms. The minimum atomic E-state index is 0.417. The van der Waals surface area contributed by atoms with Crippen molar-refractivity contribution in [2.45, 2.75) is 62.9 Å². The largest absolute Gasteiger partial charge is 0.370 e. The molecule has 0 amide bonds. The Labute approximate surface area is 134 Å². The van der Waals surface area contributed by atoms with Crippen molar-refractivity contribution in [2.24, 2.45) is 5.41 Å². The first-order valence-electron chi connectivity index (χ1n) is 9.29. The molecule has 4 aliphatic rings. The fourth-order valence-electron chi connectivity index (χ4n) is 7.05. The lowest BCUT2D eigenvalue weighted by molar-refractivity contribution is -0.0336. The fraction of sp³-hybridized carbons (Fsp3) is 0.700. The molecule has 0 radical (unpaired) electrons. The molecule has 3 heterocycles. The first-order valence-corrected chi connectivity index (χ1v) is 9.29. The number of hydrogen-bond donors (Lipinski definition) is 0. The lowest BCUT2D eigenvalue weighted by Gasteiger charge is -2.58. The van der Waals surface area contributed by atoms with Crippen LogP contribution in [0.5, 0.6) is 0 Å². The number of anilines is 1. The molecule has 4 atom stereocenters. The number of rotatable bonds is 1. The molecule has 3 fully saturated rings. The van der Waals surface area contributed by atoms with Gasteiger partial charge in [-0.1, -0.05) is 25.1 Å². The molecule has 2 heteroatoms. The summed E-state index contributed by atoms with van der Waals surface area (Å²) in [6.45, 7) is 5.12. The summed E-state index contributed by atoms with van der Waals surface area (Å²) < 4.78 is 0. The summed E-state index contributed by atoms with van der Waals surface area (Å²) in [6, 6.07) is 10.8. The number of para-hydroxylation sites is 1. The quantitative estimate of drug-likeness (QED) is 0.778. The summed E-state index contributed by atoms with van der Waals surface area (Å²) in [4.78, 5) is 5.52. The topological polar surface area (TPSA) is 6.48 Å². The summed E-state index contributed by atoms with van der Waals surface area (Å²) in [5.41, 5.74) is 4.20.